The molecule has 0 aromatic heterocycles. The molecule has 1 aliphatic rings. The predicted octanol–water partition coefficient (Wildman–Crippen LogP) is 3.86. The van der Waals surface area contributed by atoms with Gasteiger partial charge in [0.1, 0.15) is 5.75 Å². The van der Waals surface area contributed by atoms with E-state index in [9.17, 15) is 21.6 Å². The van der Waals surface area contributed by atoms with Gasteiger partial charge in [-0.15, -0.1) is 0 Å². The number of fused-ring (bicyclic) bond motifs is 1. The van der Waals surface area contributed by atoms with Crippen molar-refractivity contribution in [2.24, 2.45) is 0 Å². The van der Waals surface area contributed by atoms with Crippen LogP contribution in [0.4, 0.5) is 18.9 Å². The lowest BCUT2D eigenvalue weighted by Gasteiger charge is -2.32. The van der Waals surface area contributed by atoms with Crippen LogP contribution in [-0.4, -0.2) is 22.1 Å². The summed E-state index contributed by atoms with van der Waals surface area (Å²) in [6.07, 6.45) is -3.60. The van der Waals surface area contributed by atoms with Crippen molar-refractivity contribution in [1.29, 1.82) is 0 Å². The standard InChI is InChI=1S/C17H16F3NO3S/c1-24-14-9-4-6-12-7-5-11-21(16(12)14)25(22,23)15-10-3-2-8-13(15)17(18,19)20/h2-4,6,8-10H,5,7,11H2,1H3. The zero-order valence-electron chi connectivity index (χ0n) is 13.4. The van der Waals surface area contributed by atoms with E-state index in [4.69, 9.17) is 4.74 Å². The largest absolute Gasteiger partial charge is 0.495 e. The van der Waals surface area contributed by atoms with Crippen LogP contribution in [0.5, 0.6) is 5.75 Å². The Labute approximate surface area is 143 Å². The highest BCUT2D eigenvalue weighted by Crippen LogP contribution is 2.41. The number of ether oxygens (including phenoxy) is 1. The summed E-state index contributed by atoms with van der Waals surface area (Å²) in [5.41, 5.74) is -0.121. The number of methoxy groups -OCH3 is 1. The van der Waals surface area contributed by atoms with Crippen molar-refractivity contribution >= 4 is 15.7 Å². The second kappa shape index (κ2) is 6.25. The third-order valence-corrected chi connectivity index (χ3v) is 5.98. The fourth-order valence-electron chi connectivity index (χ4n) is 3.03. The molecule has 0 saturated carbocycles. The topological polar surface area (TPSA) is 46.6 Å². The summed E-state index contributed by atoms with van der Waals surface area (Å²) in [6, 6.07) is 9.32. The molecule has 0 spiro atoms. The van der Waals surface area contributed by atoms with Crippen molar-refractivity contribution in [2.45, 2.75) is 23.9 Å². The van der Waals surface area contributed by atoms with Crippen molar-refractivity contribution in [1.82, 2.24) is 0 Å². The Morgan fingerprint density at radius 1 is 1.08 bits per heavy atom. The second-order valence-electron chi connectivity index (χ2n) is 5.64. The van der Waals surface area contributed by atoms with Gasteiger partial charge in [0.15, 0.2) is 0 Å². The maximum atomic E-state index is 13.3. The summed E-state index contributed by atoms with van der Waals surface area (Å²) < 4.78 is 72.2. The first-order valence-electron chi connectivity index (χ1n) is 7.61. The molecule has 1 aliphatic heterocycles. The van der Waals surface area contributed by atoms with Crippen LogP contribution < -0.4 is 9.04 Å². The fourth-order valence-corrected chi connectivity index (χ4v) is 4.79. The zero-order chi connectivity index (χ0) is 18.2. The molecule has 0 amide bonds. The molecule has 0 fully saturated rings. The van der Waals surface area contributed by atoms with E-state index in [-0.39, 0.29) is 6.54 Å². The Balaban J connectivity index is 2.20. The smallest absolute Gasteiger partial charge is 0.417 e. The number of halogens is 3. The number of hydrogen-bond acceptors (Lipinski definition) is 3. The highest BCUT2D eigenvalue weighted by atomic mass is 32.2. The average molecular weight is 371 g/mol. The summed E-state index contributed by atoms with van der Waals surface area (Å²) >= 11 is 0. The van der Waals surface area contributed by atoms with Crippen LogP contribution in [0, 0.1) is 0 Å². The molecule has 2 aromatic rings. The molecule has 1 heterocycles. The number of aryl methyl sites for hydroxylation is 1. The number of anilines is 1. The lowest BCUT2D eigenvalue weighted by molar-refractivity contribution is -0.139. The first-order chi connectivity index (χ1) is 11.8. The molecule has 0 radical (unpaired) electrons. The first kappa shape index (κ1) is 17.6. The SMILES string of the molecule is COc1cccc2c1N(S(=O)(=O)c1ccccc1C(F)(F)F)CCC2. The molecule has 0 unspecified atom stereocenters. The van der Waals surface area contributed by atoms with E-state index in [2.05, 4.69) is 0 Å². The minimum absolute atomic E-state index is 0.0991. The minimum Gasteiger partial charge on any atom is -0.495 e. The number of sulfonamides is 1. The molecule has 25 heavy (non-hydrogen) atoms. The molecular weight excluding hydrogens is 355 g/mol. The fraction of sp³-hybridized carbons (Fsp3) is 0.294. The van der Waals surface area contributed by atoms with Gasteiger partial charge in [0.2, 0.25) is 0 Å². The summed E-state index contributed by atoms with van der Waals surface area (Å²) in [7, 11) is -2.99. The van der Waals surface area contributed by atoms with Gasteiger partial charge in [-0.2, -0.15) is 13.2 Å². The molecule has 4 nitrogen and oxygen atoms in total. The maximum Gasteiger partial charge on any atom is 0.417 e. The van der Waals surface area contributed by atoms with Crippen molar-refractivity contribution in [2.75, 3.05) is 18.0 Å². The third-order valence-electron chi connectivity index (χ3n) is 4.12. The number of alkyl halides is 3. The molecule has 3 rings (SSSR count). The van der Waals surface area contributed by atoms with Gasteiger partial charge in [-0.1, -0.05) is 24.3 Å². The Morgan fingerprint density at radius 3 is 2.48 bits per heavy atom. The van der Waals surface area contributed by atoms with Crippen molar-refractivity contribution < 1.29 is 26.3 Å². The summed E-state index contributed by atoms with van der Waals surface area (Å²) in [5, 5.41) is 0. The molecule has 0 N–H and O–H groups in total. The highest BCUT2D eigenvalue weighted by Gasteiger charge is 2.40. The predicted molar refractivity (Wildman–Crippen MR) is 87.3 cm³/mol. The van der Waals surface area contributed by atoms with E-state index in [0.29, 0.717) is 24.3 Å². The molecule has 0 aliphatic carbocycles. The number of benzene rings is 2. The van der Waals surface area contributed by atoms with E-state index >= 15 is 0 Å². The molecular formula is C17H16F3NO3S. The van der Waals surface area contributed by atoms with Crippen LogP contribution in [0.25, 0.3) is 0 Å². The Hall–Kier alpha value is -2.22. The lowest BCUT2D eigenvalue weighted by atomic mass is 10.0. The number of rotatable bonds is 3. The zero-order valence-corrected chi connectivity index (χ0v) is 14.2. The Morgan fingerprint density at radius 2 is 1.80 bits per heavy atom. The van der Waals surface area contributed by atoms with E-state index in [1.807, 2.05) is 0 Å². The lowest BCUT2D eigenvalue weighted by Crippen LogP contribution is -2.36. The van der Waals surface area contributed by atoms with Crippen LogP contribution in [0.2, 0.25) is 0 Å². The minimum atomic E-state index is -4.76. The van der Waals surface area contributed by atoms with Crippen LogP contribution in [0.15, 0.2) is 47.4 Å². The van der Waals surface area contributed by atoms with Gasteiger partial charge < -0.3 is 4.74 Å². The molecule has 8 heteroatoms. The van der Waals surface area contributed by atoms with Gasteiger partial charge in [0, 0.05) is 6.54 Å². The quantitative estimate of drug-likeness (QED) is 0.823. The van der Waals surface area contributed by atoms with E-state index in [0.717, 1.165) is 22.0 Å². The van der Waals surface area contributed by atoms with Crippen molar-refractivity contribution in [3.8, 4) is 5.75 Å². The van der Waals surface area contributed by atoms with Gasteiger partial charge in [-0.05, 0) is 36.6 Å². The maximum absolute atomic E-state index is 13.3. The number of para-hydroxylation sites is 1. The molecule has 2 aromatic carbocycles. The molecule has 0 bridgehead atoms. The summed E-state index contributed by atoms with van der Waals surface area (Å²) in [6.45, 7) is 0.0991. The van der Waals surface area contributed by atoms with Crippen LogP contribution in [0.1, 0.15) is 17.5 Å². The first-order valence-corrected chi connectivity index (χ1v) is 9.05. The number of hydrogen-bond donors (Lipinski definition) is 0. The van der Waals surface area contributed by atoms with Crippen LogP contribution in [-0.2, 0) is 22.6 Å². The van der Waals surface area contributed by atoms with Gasteiger partial charge >= 0.3 is 6.18 Å². The molecule has 0 atom stereocenters. The van der Waals surface area contributed by atoms with E-state index < -0.39 is 26.7 Å². The van der Waals surface area contributed by atoms with Gasteiger partial charge in [0.05, 0.1) is 23.3 Å². The van der Waals surface area contributed by atoms with Gasteiger partial charge in [-0.3, -0.25) is 4.31 Å². The van der Waals surface area contributed by atoms with Gasteiger partial charge in [0.25, 0.3) is 10.0 Å². The summed E-state index contributed by atoms with van der Waals surface area (Å²) in [4.78, 5) is -0.749. The number of nitrogens with zero attached hydrogens (tertiary/aromatic N) is 1. The third kappa shape index (κ3) is 3.06. The average Bonchev–Trinajstić information content (AvgIpc) is 2.59. The summed E-state index contributed by atoms with van der Waals surface area (Å²) in [5.74, 6) is 0.324. The monoisotopic (exact) mass is 371 g/mol. The van der Waals surface area contributed by atoms with E-state index in [1.165, 1.54) is 19.2 Å². The van der Waals surface area contributed by atoms with Crippen LogP contribution in [0.3, 0.4) is 0 Å². The van der Waals surface area contributed by atoms with Gasteiger partial charge in [-0.25, -0.2) is 8.42 Å². The highest BCUT2D eigenvalue weighted by molar-refractivity contribution is 7.93. The Bertz CT molecular complexity index is 880. The second-order valence-corrected chi connectivity index (χ2v) is 7.47. The molecule has 0 saturated heterocycles. The van der Waals surface area contributed by atoms with Crippen molar-refractivity contribution in [3.05, 3.63) is 53.6 Å². The van der Waals surface area contributed by atoms with E-state index in [1.54, 1.807) is 18.2 Å². The van der Waals surface area contributed by atoms with Crippen molar-refractivity contribution in [3.63, 3.8) is 0 Å². The Kier molecular flexibility index (Phi) is 4.40. The molecule has 134 valence electrons. The van der Waals surface area contributed by atoms with Crippen LogP contribution >= 0.6 is 0 Å². The normalized spacial score (nSPS) is 15.0.